The molecule has 0 spiro atoms. The molecule has 4 heteroatoms. The highest BCUT2D eigenvalue weighted by molar-refractivity contribution is 5.87. The van der Waals surface area contributed by atoms with Gasteiger partial charge < -0.3 is 5.73 Å². The number of hydrogen-bond donors (Lipinski definition) is 1. The number of carbonyl (C=O) groups excluding carboxylic acids is 2. The van der Waals surface area contributed by atoms with E-state index in [2.05, 4.69) is 0 Å². The topological polar surface area (TPSA) is 63.4 Å². The molecule has 0 aromatic rings. The second-order valence-electron chi connectivity index (χ2n) is 4.46. The van der Waals surface area contributed by atoms with Crippen LogP contribution in [0.2, 0.25) is 0 Å². The number of carbonyl (C=O) groups is 2. The van der Waals surface area contributed by atoms with Crippen LogP contribution in [0.3, 0.4) is 0 Å². The molecule has 0 saturated carbocycles. The third-order valence-corrected chi connectivity index (χ3v) is 2.36. The lowest BCUT2D eigenvalue weighted by atomic mass is 10.0. The molecule has 0 aliphatic rings. The minimum absolute atomic E-state index is 0.00917. The summed E-state index contributed by atoms with van der Waals surface area (Å²) in [7, 11) is 0. The Morgan fingerprint density at radius 3 is 1.73 bits per heavy atom. The first-order valence-corrected chi connectivity index (χ1v) is 5.33. The highest BCUT2D eigenvalue weighted by atomic mass is 16.2. The van der Waals surface area contributed by atoms with E-state index < -0.39 is 11.9 Å². The highest BCUT2D eigenvalue weighted by Crippen LogP contribution is 2.13. The van der Waals surface area contributed by atoms with Gasteiger partial charge in [-0.3, -0.25) is 14.5 Å². The average molecular weight is 214 g/mol. The quantitative estimate of drug-likeness (QED) is 0.715. The third kappa shape index (κ3) is 4.42. The number of ketones is 1. The Morgan fingerprint density at radius 2 is 1.53 bits per heavy atom. The Morgan fingerprint density at radius 1 is 1.13 bits per heavy atom. The summed E-state index contributed by atoms with van der Waals surface area (Å²) in [6.07, 6.45) is 0.200. The monoisotopic (exact) mass is 214 g/mol. The van der Waals surface area contributed by atoms with Crippen molar-refractivity contribution in [2.45, 2.75) is 59.2 Å². The van der Waals surface area contributed by atoms with Crippen molar-refractivity contribution < 1.29 is 9.59 Å². The zero-order valence-corrected chi connectivity index (χ0v) is 10.3. The van der Waals surface area contributed by atoms with Crippen LogP contribution in [0.4, 0.5) is 0 Å². The van der Waals surface area contributed by atoms with Crippen LogP contribution in [-0.2, 0) is 9.59 Å². The molecule has 1 unspecified atom stereocenters. The van der Waals surface area contributed by atoms with Crippen molar-refractivity contribution in [3.05, 3.63) is 0 Å². The summed E-state index contributed by atoms with van der Waals surface area (Å²) < 4.78 is 0. The summed E-state index contributed by atoms with van der Waals surface area (Å²) in [5.41, 5.74) is 5.33. The maximum atomic E-state index is 11.3. The molecular weight excluding hydrogens is 192 g/mol. The summed E-state index contributed by atoms with van der Waals surface area (Å²) in [5.74, 6) is -0.433. The summed E-state index contributed by atoms with van der Waals surface area (Å²) in [4.78, 5) is 24.4. The van der Waals surface area contributed by atoms with E-state index >= 15 is 0 Å². The molecule has 1 atom stereocenters. The predicted molar refractivity (Wildman–Crippen MR) is 60.4 cm³/mol. The molecule has 0 aliphatic heterocycles. The molecule has 0 aromatic carbocycles. The number of Topliss-reactive ketones (excluding diaryl/α,β-unsaturated/α-hetero) is 1. The Hall–Kier alpha value is -0.900. The lowest BCUT2D eigenvalue weighted by Crippen LogP contribution is -2.52. The first kappa shape index (κ1) is 14.1. The van der Waals surface area contributed by atoms with Gasteiger partial charge in [0.1, 0.15) is 5.78 Å². The zero-order chi connectivity index (χ0) is 12.2. The molecule has 0 fully saturated rings. The van der Waals surface area contributed by atoms with Crippen LogP contribution >= 0.6 is 0 Å². The highest BCUT2D eigenvalue weighted by Gasteiger charge is 2.29. The van der Waals surface area contributed by atoms with Gasteiger partial charge in [-0.1, -0.05) is 0 Å². The summed E-state index contributed by atoms with van der Waals surface area (Å²) >= 11 is 0. The van der Waals surface area contributed by atoms with Crippen molar-refractivity contribution in [3.8, 4) is 0 Å². The maximum Gasteiger partial charge on any atom is 0.235 e. The standard InChI is InChI=1S/C11H22N2O2/c1-7(2)13(8(3)4)10(11(12)15)6-9(5)14/h7-8,10H,6H2,1-5H3,(H2,12,15). The smallest absolute Gasteiger partial charge is 0.235 e. The molecule has 88 valence electrons. The van der Waals surface area contributed by atoms with E-state index in [0.29, 0.717) is 0 Å². The number of rotatable bonds is 6. The Balaban J connectivity index is 4.84. The fraction of sp³-hybridized carbons (Fsp3) is 0.818. The van der Waals surface area contributed by atoms with Crippen LogP contribution < -0.4 is 5.73 Å². The second-order valence-corrected chi connectivity index (χ2v) is 4.46. The van der Waals surface area contributed by atoms with Crippen LogP contribution in [0.15, 0.2) is 0 Å². The van der Waals surface area contributed by atoms with Gasteiger partial charge in [-0.15, -0.1) is 0 Å². The van der Waals surface area contributed by atoms with Gasteiger partial charge in [0.05, 0.1) is 6.04 Å². The van der Waals surface area contributed by atoms with E-state index in [1.54, 1.807) is 0 Å². The van der Waals surface area contributed by atoms with Crippen molar-refractivity contribution >= 4 is 11.7 Å². The Kier molecular flexibility index (Phi) is 5.50. The van der Waals surface area contributed by atoms with Gasteiger partial charge in [-0.2, -0.15) is 0 Å². The van der Waals surface area contributed by atoms with E-state index in [1.807, 2.05) is 32.6 Å². The average Bonchev–Trinajstić information content (AvgIpc) is 2.00. The minimum atomic E-state index is -0.484. The number of hydrogen-bond acceptors (Lipinski definition) is 3. The molecule has 2 N–H and O–H groups in total. The Bertz CT molecular complexity index is 229. The van der Waals surface area contributed by atoms with Gasteiger partial charge in [-0.25, -0.2) is 0 Å². The molecule has 0 saturated heterocycles. The van der Waals surface area contributed by atoms with Gasteiger partial charge in [-0.05, 0) is 34.6 Å². The number of nitrogens with zero attached hydrogens (tertiary/aromatic N) is 1. The number of amides is 1. The number of nitrogens with two attached hydrogens (primary N) is 1. The van der Waals surface area contributed by atoms with Crippen molar-refractivity contribution in [1.29, 1.82) is 0 Å². The summed E-state index contributed by atoms with van der Waals surface area (Å²) in [5, 5.41) is 0. The van der Waals surface area contributed by atoms with E-state index in [4.69, 9.17) is 5.73 Å². The Labute approximate surface area is 91.8 Å². The SMILES string of the molecule is CC(=O)CC(C(N)=O)N(C(C)C)C(C)C. The van der Waals surface area contributed by atoms with Crippen molar-refractivity contribution in [1.82, 2.24) is 4.90 Å². The van der Waals surface area contributed by atoms with Crippen molar-refractivity contribution in [2.75, 3.05) is 0 Å². The summed E-state index contributed by atoms with van der Waals surface area (Å²) in [6, 6.07) is -0.0915. The largest absolute Gasteiger partial charge is 0.368 e. The molecule has 0 heterocycles. The van der Waals surface area contributed by atoms with Crippen LogP contribution in [0, 0.1) is 0 Å². The molecule has 15 heavy (non-hydrogen) atoms. The fourth-order valence-electron chi connectivity index (χ4n) is 1.94. The molecule has 0 bridgehead atoms. The molecular formula is C11H22N2O2. The minimum Gasteiger partial charge on any atom is -0.368 e. The first-order chi connectivity index (χ1) is 6.77. The van der Waals surface area contributed by atoms with Crippen LogP contribution in [0.1, 0.15) is 41.0 Å². The summed E-state index contributed by atoms with van der Waals surface area (Å²) in [6.45, 7) is 9.47. The van der Waals surface area contributed by atoms with E-state index in [9.17, 15) is 9.59 Å². The van der Waals surface area contributed by atoms with Gasteiger partial charge in [0, 0.05) is 18.5 Å². The number of primary amides is 1. The van der Waals surface area contributed by atoms with E-state index in [0.717, 1.165) is 0 Å². The zero-order valence-electron chi connectivity index (χ0n) is 10.3. The fourth-order valence-corrected chi connectivity index (χ4v) is 1.94. The van der Waals surface area contributed by atoms with Gasteiger partial charge in [0.25, 0.3) is 0 Å². The first-order valence-electron chi connectivity index (χ1n) is 5.33. The molecule has 0 rings (SSSR count). The van der Waals surface area contributed by atoms with Crippen molar-refractivity contribution in [3.63, 3.8) is 0 Å². The molecule has 0 aromatic heterocycles. The predicted octanol–water partition coefficient (Wildman–Crippen LogP) is 0.938. The molecule has 0 radical (unpaired) electrons. The lowest BCUT2D eigenvalue weighted by molar-refractivity contribution is -0.129. The third-order valence-electron chi connectivity index (χ3n) is 2.36. The molecule has 0 aliphatic carbocycles. The van der Waals surface area contributed by atoms with Crippen LogP contribution in [-0.4, -0.2) is 34.7 Å². The normalized spacial score (nSPS) is 13.6. The molecule has 4 nitrogen and oxygen atoms in total. The van der Waals surface area contributed by atoms with Crippen LogP contribution in [0.5, 0.6) is 0 Å². The molecule has 1 amide bonds. The maximum absolute atomic E-state index is 11.3. The van der Waals surface area contributed by atoms with Gasteiger partial charge in [0.2, 0.25) is 5.91 Å². The van der Waals surface area contributed by atoms with E-state index in [1.165, 1.54) is 6.92 Å². The van der Waals surface area contributed by atoms with Gasteiger partial charge in [0.15, 0.2) is 0 Å². The van der Waals surface area contributed by atoms with Crippen molar-refractivity contribution in [2.24, 2.45) is 5.73 Å². The van der Waals surface area contributed by atoms with E-state index in [-0.39, 0.29) is 24.3 Å². The van der Waals surface area contributed by atoms with Crippen LogP contribution in [0.25, 0.3) is 0 Å². The lowest BCUT2D eigenvalue weighted by Gasteiger charge is -2.36. The second kappa shape index (κ2) is 5.85. The van der Waals surface area contributed by atoms with Gasteiger partial charge >= 0.3 is 0 Å².